The fourth-order valence-corrected chi connectivity index (χ4v) is 0.813. The second-order valence-corrected chi connectivity index (χ2v) is 2.63. The molecule has 0 aliphatic rings. The lowest BCUT2D eigenvalue weighted by molar-refractivity contribution is -0.112. The summed E-state index contributed by atoms with van der Waals surface area (Å²) in [4.78, 5) is 10.4. The molecule has 0 radical (unpaired) electrons. The number of allylic oxidation sites excluding steroid dienone is 2. The summed E-state index contributed by atoms with van der Waals surface area (Å²) in [6.45, 7) is 3.41. The lowest BCUT2D eigenvalue weighted by atomic mass is 10.1. The van der Waals surface area contributed by atoms with Crippen LogP contribution in [0.2, 0.25) is 0 Å². The van der Waals surface area contributed by atoms with Crippen molar-refractivity contribution in [3.63, 3.8) is 0 Å². The van der Waals surface area contributed by atoms with E-state index in [2.05, 4.69) is 0 Å². The van der Waals surface area contributed by atoms with E-state index in [0.29, 0.717) is 12.8 Å². The molecule has 0 aromatic heterocycles. The molecule has 0 heterocycles. The zero-order valence-electron chi connectivity index (χ0n) is 7.14. The molecule has 64 valence electrons. The van der Waals surface area contributed by atoms with Crippen LogP contribution >= 0.6 is 0 Å². The third-order valence-corrected chi connectivity index (χ3v) is 1.35. The Bertz CT molecular complexity index is 140. The van der Waals surface area contributed by atoms with Crippen LogP contribution in [0.1, 0.15) is 33.1 Å². The van der Waals surface area contributed by atoms with Crippen LogP contribution in [0.15, 0.2) is 12.2 Å². The van der Waals surface area contributed by atoms with E-state index in [4.69, 9.17) is 0 Å². The first kappa shape index (κ1) is 10.3. The number of alkyl halides is 1. The van der Waals surface area contributed by atoms with Crippen molar-refractivity contribution in [1.29, 1.82) is 0 Å². The van der Waals surface area contributed by atoms with Gasteiger partial charge in [0.05, 0.1) is 0 Å². The minimum atomic E-state index is -0.782. The van der Waals surface area contributed by atoms with Gasteiger partial charge in [-0.1, -0.05) is 19.4 Å². The van der Waals surface area contributed by atoms with Crippen LogP contribution in [0.25, 0.3) is 0 Å². The minimum Gasteiger partial charge on any atom is -0.295 e. The summed E-state index contributed by atoms with van der Waals surface area (Å²) in [6.07, 6.45) is 4.05. The maximum absolute atomic E-state index is 12.7. The first-order valence-electron chi connectivity index (χ1n) is 3.98. The van der Waals surface area contributed by atoms with Crippen LogP contribution in [0.4, 0.5) is 4.39 Å². The van der Waals surface area contributed by atoms with Gasteiger partial charge in [-0.25, -0.2) is 4.39 Å². The highest BCUT2D eigenvalue weighted by molar-refractivity contribution is 5.87. The summed E-state index contributed by atoms with van der Waals surface area (Å²) in [7, 11) is 0. The van der Waals surface area contributed by atoms with E-state index in [1.165, 1.54) is 13.0 Å². The Labute approximate surface area is 67.3 Å². The molecule has 0 rings (SSSR count). The highest BCUT2D eigenvalue weighted by Gasteiger charge is 2.00. The van der Waals surface area contributed by atoms with E-state index in [1.807, 2.05) is 6.92 Å². The maximum Gasteiger partial charge on any atom is 0.152 e. The van der Waals surface area contributed by atoms with Crippen molar-refractivity contribution >= 4 is 5.78 Å². The van der Waals surface area contributed by atoms with Gasteiger partial charge in [-0.15, -0.1) is 0 Å². The number of halogens is 1. The van der Waals surface area contributed by atoms with Crippen molar-refractivity contribution in [3.05, 3.63) is 12.2 Å². The first-order chi connectivity index (χ1) is 5.16. The smallest absolute Gasteiger partial charge is 0.152 e. The number of hydrogen-bond donors (Lipinski definition) is 0. The third-order valence-electron chi connectivity index (χ3n) is 1.35. The van der Waals surface area contributed by atoms with Crippen molar-refractivity contribution in [2.75, 3.05) is 0 Å². The molecule has 0 saturated carbocycles. The van der Waals surface area contributed by atoms with Crippen LogP contribution in [-0.2, 0) is 4.79 Å². The number of carbonyl (C=O) groups excluding carboxylic acids is 1. The standard InChI is InChI=1S/C9H15FO/c1-3-5-9(10)7-4-6-8(2)11/h4,6,9H,3,5,7H2,1-2H3/b6-4-/t9-/m0/s1. The van der Waals surface area contributed by atoms with Gasteiger partial charge in [0, 0.05) is 0 Å². The molecule has 0 aromatic rings. The Morgan fingerprint density at radius 2 is 2.27 bits per heavy atom. The molecule has 0 aliphatic heterocycles. The average Bonchev–Trinajstić information content (AvgIpc) is 1.87. The van der Waals surface area contributed by atoms with E-state index < -0.39 is 6.17 Å². The van der Waals surface area contributed by atoms with Crippen molar-refractivity contribution in [3.8, 4) is 0 Å². The molecule has 0 spiro atoms. The van der Waals surface area contributed by atoms with Gasteiger partial charge in [-0.3, -0.25) is 4.79 Å². The first-order valence-corrected chi connectivity index (χ1v) is 3.98. The van der Waals surface area contributed by atoms with E-state index in [1.54, 1.807) is 6.08 Å². The molecule has 0 aliphatic carbocycles. The summed E-state index contributed by atoms with van der Waals surface area (Å²) in [5.74, 6) is -0.0197. The van der Waals surface area contributed by atoms with Crippen molar-refractivity contribution in [1.82, 2.24) is 0 Å². The fraction of sp³-hybridized carbons (Fsp3) is 0.667. The Hall–Kier alpha value is -0.660. The minimum absolute atomic E-state index is 0.0197. The summed E-state index contributed by atoms with van der Waals surface area (Å²) in [5.41, 5.74) is 0. The van der Waals surface area contributed by atoms with Crippen LogP contribution in [0.3, 0.4) is 0 Å². The molecule has 2 heteroatoms. The zero-order chi connectivity index (χ0) is 8.69. The van der Waals surface area contributed by atoms with Crippen LogP contribution in [0, 0.1) is 0 Å². The monoisotopic (exact) mass is 158 g/mol. The van der Waals surface area contributed by atoms with Gasteiger partial charge >= 0.3 is 0 Å². The number of carbonyl (C=O) groups is 1. The Kier molecular flexibility index (Phi) is 5.71. The van der Waals surface area contributed by atoms with E-state index >= 15 is 0 Å². The highest BCUT2D eigenvalue weighted by Crippen LogP contribution is 2.06. The molecule has 0 fully saturated rings. The Balaban J connectivity index is 3.44. The topological polar surface area (TPSA) is 17.1 Å². The molecule has 0 N–H and O–H groups in total. The molecule has 1 atom stereocenters. The lowest BCUT2D eigenvalue weighted by Gasteiger charge is -2.00. The second kappa shape index (κ2) is 6.08. The second-order valence-electron chi connectivity index (χ2n) is 2.63. The van der Waals surface area contributed by atoms with E-state index in [-0.39, 0.29) is 5.78 Å². The van der Waals surface area contributed by atoms with Gasteiger partial charge in [0.2, 0.25) is 0 Å². The van der Waals surface area contributed by atoms with Gasteiger partial charge in [0.25, 0.3) is 0 Å². The molecule has 0 bridgehead atoms. The quantitative estimate of drug-likeness (QED) is 0.562. The van der Waals surface area contributed by atoms with E-state index in [0.717, 1.165) is 6.42 Å². The Morgan fingerprint density at radius 1 is 1.64 bits per heavy atom. The molecule has 0 amide bonds. The predicted octanol–water partition coefficient (Wildman–Crippen LogP) is 2.66. The van der Waals surface area contributed by atoms with Crippen molar-refractivity contribution in [2.45, 2.75) is 39.3 Å². The summed E-state index contributed by atoms with van der Waals surface area (Å²) < 4.78 is 12.7. The largest absolute Gasteiger partial charge is 0.295 e. The Morgan fingerprint density at radius 3 is 2.73 bits per heavy atom. The number of ketones is 1. The number of hydrogen-bond acceptors (Lipinski definition) is 1. The SMILES string of the molecule is CCC[C@H](F)C/C=C\C(C)=O. The summed E-state index contributed by atoms with van der Waals surface area (Å²) in [6, 6.07) is 0. The third kappa shape index (κ3) is 7.23. The van der Waals surface area contributed by atoms with Crippen molar-refractivity contribution < 1.29 is 9.18 Å². The summed E-state index contributed by atoms with van der Waals surface area (Å²) >= 11 is 0. The normalized spacial score (nSPS) is 13.7. The summed E-state index contributed by atoms with van der Waals surface area (Å²) in [5, 5.41) is 0. The zero-order valence-corrected chi connectivity index (χ0v) is 7.14. The van der Waals surface area contributed by atoms with Gasteiger partial charge in [-0.2, -0.15) is 0 Å². The predicted molar refractivity (Wildman–Crippen MR) is 44.2 cm³/mol. The maximum atomic E-state index is 12.7. The fourth-order valence-electron chi connectivity index (χ4n) is 0.813. The van der Waals surface area contributed by atoms with E-state index in [9.17, 15) is 9.18 Å². The van der Waals surface area contributed by atoms with Crippen LogP contribution < -0.4 is 0 Å². The molecule has 11 heavy (non-hydrogen) atoms. The van der Waals surface area contributed by atoms with Gasteiger partial charge in [0.15, 0.2) is 5.78 Å². The molecule has 0 unspecified atom stereocenters. The van der Waals surface area contributed by atoms with Gasteiger partial charge < -0.3 is 0 Å². The van der Waals surface area contributed by atoms with Gasteiger partial charge in [0.1, 0.15) is 6.17 Å². The highest BCUT2D eigenvalue weighted by atomic mass is 19.1. The molecule has 0 aromatic carbocycles. The van der Waals surface area contributed by atoms with Gasteiger partial charge in [-0.05, 0) is 25.8 Å². The van der Waals surface area contributed by atoms with Crippen LogP contribution in [0.5, 0.6) is 0 Å². The lowest BCUT2D eigenvalue weighted by Crippen LogP contribution is -1.96. The molecule has 1 nitrogen and oxygen atoms in total. The molecule has 0 saturated heterocycles. The van der Waals surface area contributed by atoms with Crippen molar-refractivity contribution in [2.24, 2.45) is 0 Å². The molecular weight excluding hydrogens is 143 g/mol. The molecular formula is C9H15FO. The average molecular weight is 158 g/mol. The number of rotatable bonds is 5. The van der Waals surface area contributed by atoms with Crippen LogP contribution in [-0.4, -0.2) is 12.0 Å².